The highest BCUT2D eigenvalue weighted by molar-refractivity contribution is 6.04. The fourth-order valence-corrected chi connectivity index (χ4v) is 9.67. The number of amidine groups is 1. The molecule has 0 aromatic heterocycles. The summed E-state index contributed by atoms with van der Waals surface area (Å²) in [4.78, 5) is 5.15. The number of rotatable bonds is 5. The van der Waals surface area contributed by atoms with Crippen LogP contribution in [-0.4, -0.2) is 5.84 Å². The number of fused-ring (bicyclic) bond motifs is 9. The van der Waals surface area contributed by atoms with E-state index in [0.717, 1.165) is 56.4 Å². The highest BCUT2D eigenvalue weighted by atomic mass is 16.5. The second-order valence-corrected chi connectivity index (χ2v) is 15.0. The Bertz CT molecular complexity index is 2760. The molecular formula is C53H38N2O. The Morgan fingerprint density at radius 3 is 1.98 bits per heavy atom. The first kappa shape index (κ1) is 32.5. The van der Waals surface area contributed by atoms with Gasteiger partial charge in [-0.3, -0.25) is 0 Å². The molecule has 0 bridgehead atoms. The van der Waals surface area contributed by atoms with Crippen molar-refractivity contribution in [2.75, 3.05) is 0 Å². The third-order valence-electron chi connectivity index (χ3n) is 12.1. The van der Waals surface area contributed by atoms with E-state index in [9.17, 15) is 0 Å². The lowest BCUT2D eigenvalue weighted by Crippen LogP contribution is -2.37. The Kier molecular flexibility index (Phi) is 7.60. The molecule has 266 valence electrons. The van der Waals surface area contributed by atoms with Crippen LogP contribution in [-0.2, 0) is 5.41 Å². The lowest BCUT2D eigenvalue weighted by Gasteiger charge is -2.43. The van der Waals surface area contributed by atoms with E-state index in [4.69, 9.17) is 9.73 Å². The molecule has 2 aliphatic carbocycles. The summed E-state index contributed by atoms with van der Waals surface area (Å²) < 4.78 is 7.06. The summed E-state index contributed by atoms with van der Waals surface area (Å²) in [6, 6.07) is 63.0. The molecule has 1 spiro atoms. The molecule has 7 aromatic rings. The van der Waals surface area contributed by atoms with E-state index in [1.165, 1.54) is 27.8 Å². The molecular weight excluding hydrogens is 681 g/mol. The van der Waals surface area contributed by atoms with Gasteiger partial charge in [-0.05, 0) is 51.1 Å². The Hall–Kier alpha value is -6.97. The summed E-state index contributed by atoms with van der Waals surface area (Å²) in [6.07, 6.45) is 11.5. The predicted octanol–water partition coefficient (Wildman–Crippen LogP) is 12.4. The van der Waals surface area contributed by atoms with Crippen LogP contribution < -0.4 is 10.1 Å². The molecule has 7 aromatic carbocycles. The maximum atomic E-state index is 7.06. The standard InChI is InChI=1S/C53H38N2O/c1-3-16-36(17-4-1)48-34-49(37-18-5-2-6-19-37)55-52(54-48)38-32-30-35(31-33-38)39-20-7-8-21-40(39)43-24-15-28-47-51(43)56-50-29-14-13-27-46(50)53(47)44-25-11-9-22-41(44)42-23-10-12-26-45(42)53/h1-34,41,44,48H,(H,54,55). The fourth-order valence-electron chi connectivity index (χ4n) is 9.67. The fraction of sp³-hybridized carbons (Fsp3) is 0.0755. The van der Waals surface area contributed by atoms with Gasteiger partial charge in [-0.2, -0.15) is 0 Å². The number of allylic oxidation sites excluding steroid dienone is 4. The molecule has 0 saturated carbocycles. The topological polar surface area (TPSA) is 33.6 Å². The third kappa shape index (κ3) is 5.01. The maximum absolute atomic E-state index is 7.06. The quantitative estimate of drug-likeness (QED) is 0.192. The number of aliphatic imine (C=N–C) groups is 1. The number of benzene rings is 7. The van der Waals surface area contributed by atoms with Crippen LogP contribution in [0.2, 0.25) is 0 Å². The second-order valence-electron chi connectivity index (χ2n) is 15.0. The molecule has 0 amide bonds. The molecule has 0 fully saturated rings. The van der Waals surface area contributed by atoms with Crippen LogP contribution >= 0.6 is 0 Å². The molecule has 56 heavy (non-hydrogen) atoms. The van der Waals surface area contributed by atoms with E-state index < -0.39 is 5.41 Å². The molecule has 2 heterocycles. The Morgan fingerprint density at radius 1 is 0.500 bits per heavy atom. The van der Waals surface area contributed by atoms with Gasteiger partial charge >= 0.3 is 0 Å². The van der Waals surface area contributed by atoms with Crippen LogP contribution in [0.5, 0.6) is 11.5 Å². The summed E-state index contributed by atoms with van der Waals surface area (Å²) in [5.74, 6) is 3.22. The smallest absolute Gasteiger partial charge is 0.139 e. The first-order chi connectivity index (χ1) is 27.8. The first-order valence-corrected chi connectivity index (χ1v) is 19.5. The second kappa shape index (κ2) is 13.1. The Balaban J connectivity index is 1.02. The minimum absolute atomic E-state index is 0.000718. The van der Waals surface area contributed by atoms with Gasteiger partial charge in [0.2, 0.25) is 0 Å². The summed E-state index contributed by atoms with van der Waals surface area (Å²) in [7, 11) is 0. The van der Waals surface area contributed by atoms with Gasteiger partial charge in [0.05, 0.1) is 17.2 Å². The molecule has 3 nitrogen and oxygen atoms in total. The van der Waals surface area contributed by atoms with Crippen molar-refractivity contribution in [2.24, 2.45) is 10.9 Å². The summed E-state index contributed by atoms with van der Waals surface area (Å²) >= 11 is 0. The zero-order valence-corrected chi connectivity index (χ0v) is 30.7. The van der Waals surface area contributed by atoms with Crippen molar-refractivity contribution in [1.29, 1.82) is 0 Å². The number of ether oxygens (including phenoxy) is 1. The zero-order chi connectivity index (χ0) is 37.1. The van der Waals surface area contributed by atoms with E-state index in [2.05, 4.69) is 206 Å². The van der Waals surface area contributed by atoms with Gasteiger partial charge in [0.25, 0.3) is 0 Å². The van der Waals surface area contributed by atoms with Crippen LogP contribution in [0.3, 0.4) is 0 Å². The predicted molar refractivity (Wildman–Crippen MR) is 228 cm³/mol. The van der Waals surface area contributed by atoms with Gasteiger partial charge in [-0.1, -0.05) is 194 Å². The van der Waals surface area contributed by atoms with Crippen molar-refractivity contribution in [3.05, 3.63) is 245 Å². The number of hydrogen-bond donors (Lipinski definition) is 1. The van der Waals surface area contributed by atoms with E-state index >= 15 is 0 Å². The molecule has 2 aliphatic heterocycles. The number of nitrogens with one attached hydrogen (secondary N) is 1. The largest absolute Gasteiger partial charge is 0.456 e. The van der Waals surface area contributed by atoms with Crippen molar-refractivity contribution < 1.29 is 4.74 Å². The van der Waals surface area contributed by atoms with Crippen LogP contribution in [0.15, 0.2) is 211 Å². The summed E-state index contributed by atoms with van der Waals surface area (Å²) in [6.45, 7) is 0. The SMILES string of the molecule is C1=CC2c3ccccc3C3(c4ccccc4Oc4c(-c5ccccc5-c5ccc(C6=NC(c7ccccc7)=CC(c7ccccc7)N6)cc5)cccc43)C2C=C1. The van der Waals surface area contributed by atoms with Crippen molar-refractivity contribution in [3.8, 4) is 33.8 Å². The van der Waals surface area contributed by atoms with E-state index in [0.29, 0.717) is 0 Å². The molecule has 4 atom stereocenters. The zero-order valence-electron chi connectivity index (χ0n) is 30.7. The summed E-state index contributed by atoms with van der Waals surface area (Å²) in [5, 5.41) is 3.72. The molecule has 11 rings (SSSR count). The Labute approximate surface area is 327 Å². The van der Waals surface area contributed by atoms with E-state index in [1.807, 2.05) is 6.07 Å². The van der Waals surface area contributed by atoms with Gasteiger partial charge in [0, 0.05) is 34.1 Å². The van der Waals surface area contributed by atoms with Crippen LogP contribution in [0, 0.1) is 5.92 Å². The van der Waals surface area contributed by atoms with Gasteiger partial charge in [-0.15, -0.1) is 0 Å². The highest BCUT2D eigenvalue weighted by Crippen LogP contribution is 2.65. The number of nitrogens with zero attached hydrogens (tertiary/aromatic N) is 1. The molecule has 4 aliphatic rings. The molecule has 1 N–H and O–H groups in total. The Morgan fingerprint density at radius 2 is 1.14 bits per heavy atom. The molecule has 4 unspecified atom stereocenters. The third-order valence-corrected chi connectivity index (χ3v) is 12.1. The maximum Gasteiger partial charge on any atom is 0.139 e. The average Bonchev–Trinajstić information content (AvgIpc) is 3.57. The average molecular weight is 719 g/mol. The van der Waals surface area contributed by atoms with Crippen molar-refractivity contribution in [3.63, 3.8) is 0 Å². The van der Waals surface area contributed by atoms with Gasteiger partial charge in [-0.25, -0.2) is 4.99 Å². The van der Waals surface area contributed by atoms with E-state index in [1.54, 1.807) is 0 Å². The monoisotopic (exact) mass is 718 g/mol. The van der Waals surface area contributed by atoms with Gasteiger partial charge < -0.3 is 10.1 Å². The number of para-hydroxylation sites is 2. The highest BCUT2D eigenvalue weighted by Gasteiger charge is 2.56. The molecule has 0 radical (unpaired) electrons. The minimum atomic E-state index is -0.391. The minimum Gasteiger partial charge on any atom is -0.456 e. The van der Waals surface area contributed by atoms with Gasteiger partial charge in [0.15, 0.2) is 0 Å². The van der Waals surface area contributed by atoms with Crippen LogP contribution in [0.4, 0.5) is 0 Å². The van der Waals surface area contributed by atoms with Crippen LogP contribution in [0.1, 0.15) is 50.9 Å². The lowest BCUT2D eigenvalue weighted by atomic mass is 9.61. The van der Waals surface area contributed by atoms with Gasteiger partial charge in [0.1, 0.15) is 17.3 Å². The number of hydrogen-bond acceptors (Lipinski definition) is 3. The molecule has 3 heteroatoms. The first-order valence-electron chi connectivity index (χ1n) is 19.5. The van der Waals surface area contributed by atoms with E-state index in [-0.39, 0.29) is 17.9 Å². The lowest BCUT2D eigenvalue weighted by molar-refractivity contribution is 0.375. The van der Waals surface area contributed by atoms with Crippen molar-refractivity contribution in [2.45, 2.75) is 17.4 Å². The summed E-state index contributed by atoms with van der Waals surface area (Å²) in [5.41, 5.74) is 13.6. The van der Waals surface area contributed by atoms with Crippen molar-refractivity contribution >= 4 is 11.5 Å². The van der Waals surface area contributed by atoms with Crippen LogP contribution in [0.25, 0.3) is 28.0 Å². The molecule has 0 saturated heterocycles. The normalized spacial score (nSPS) is 21.1. The van der Waals surface area contributed by atoms with Crippen molar-refractivity contribution in [1.82, 2.24) is 5.32 Å².